The molecule has 0 saturated heterocycles. The number of hydrogen-bond donors (Lipinski definition) is 3. The van der Waals surface area contributed by atoms with Gasteiger partial charge in [0.25, 0.3) is 6.47 Å². The van der Waals surface area contributed by atoms with E-state index < -0.39 is 46.3 Å². The van der Waals surface area contributed by atoms with Crippen LogP contribution in [0.3, 0.4) is 0 Å². The third-order valence-electron chi connectivity index (χ3n) is 6.76. The summed E-state index contributed by atoms with van der Waals surface area (Å²) in [5.41, 5.74) is -1.75. The van der Waals surface area contributed by atoms with Gasteiger partial charge >= 0.3 is 0 Å². The summed E-state index contributed by atoms with van der Waals surface area (Å²) < 4.78 is 5.00. The van der Waals surface area contributed by atoms with Crippen LogP contribution in [0.4, 0.5) is 0 Å². The van der Waals surface area contributed by atoms with Gasteiger partial charge in [-0.2, -0.15) is 0 Å². The topological polar surface area (TPSA) is 121 Å². The molecule has 0 aromatic rings. The van der Waals surface area contributed by atoms with E-state index in [9.17, 15) is 29.7 Å². The fourth-order valence-electron chi connectivity index (χ4n) is 5.70. The Morgan fingerprint density at radius 3 is 2.50 bits per heavy atom. The molecule has 0 aromatic carbocycles. The Kier molecular flexibility index (Phi) is 5.10. The lowest BCUT2D eigenvalue weighted by Crippen LogP contribution is -2.61. The van der Waals surface area contributed by atoms with E-state index in [1.807, 2.05) is 6.92 Å². The smallest absolute Gasteiger partial charge is 0.293 e. The summed E-state index contributed by atoms with van der Waals surface area (Å²) in [6.07, 6.45) is 0.361. The molecule has 1 fully saturated rings. The summed E-state index contributed by atoms with van der Waals surface area (Å²) in [6.45, 7) is 7.51. The zero-order valence-electron chi connectivity index (χ0n) is 16.1. The maximum absolute atomic E-state index is 13.1. The van der Waals surface area contributed by atoms with Gasteiger partial charge in [0.1, 0.15) is 11.9 Å². The van der Waals surface area contributed by atoms with Crippen LogP contribution in [0.15, 0.2) is 35.1 Å². The van der Waals surface area contributed by atoms with Gasteiger partial charge in [-0.15, -0.1) is 6.58 Å². The van der Waals surface area contributed by atoms with Crippen LogP contribution < -0.4 is 0 Å². The Bertz CT molecular complexity index is 808. The first-order valence-corrected chi connectivity index (χ1v) is 9.42. The van der Waals surface area contributed by atoms with E-state index in [0.29, 0.717) is 25.7 Å². The molecule has 152 valence electrons. The van der Waals surface area contributed by atoms with E-state index in [-0.39, 0.29) is 29.7 Å². The third-order valence-corrected chi connectivity index (χ3v) is 6.76. The van der Waals surface area contributed by atoms with Crippen LogP contribution in [0.5, 0.6) is 0 Å². The van der Waals surface area contributed by atoms with Crippen LogP contribution in [0, 0.1) is 16.7 Å². The van der Waals surface area contributed by atoms with Crippen molar-refractivity contribution in [2.75, 3.05) is 6.61 Å². The highest BCUT2D eigenvalue weighted by molar-refractivity contribution is 6.50. The number of ether oxygens (including phenoxy) is 1. The Labute approximate surface area is 163 Å². The van der Waals surface area contributed by atoms with Crippen molar-refractivity contribution in [2.45, 2.75) is 51.7 Å². The number of carbonyl (C=O) groups excluding carboxylic acids is 3. The Hall–Kier alpha value is -2.25. The van der Waals surface area contributed by atoms with Crippen molar-refractivity contribution >= 4 is 18.0 Å². The molecule has 0 bridgehead atoms. The molecule has 3 aliphatic rings. The minimum absolute atomic E-state index is 0.0129. The van der Waals surface area contributed by atoms with Crippen molar-refractivity contribution in [1.82, 2.24) is 0 Å². The number of rotatable bonds is 5. The Balaban J connectivity index is 2.24. The van der Waals surface area contributed by atoms with Gasteiger partial charge in [-0.1, -0.05) is 26.3 Å². The van der Waals surface area contributed by atoms with Gasteiger partial charge in [-0.3, -0.25) is 14.4 Å². The molecule has 5 atom stereocenters. The minimum Gasteiger partial charge on any atom is -0.507 e. The van der Waals surface area contributed by atoms with Crippen molar-refractivity contribution in [3.8, 4) is 0 Å². The molecule has 3 aliphatic carbocycles. The summed E-state index contributed by atoms with van der Waals surface area (Å²) >= 11 is 0. The Morgan fingerprint density at radius 1 is 1.21 bits per heavy atom. The second-order valence-corrected chi connectivity index (χ2v) is 8.51. The molecule has 7 heteroatoms. The van der Waals surface area contributed by atoms with E-state index in [4.69, 9.17) is 4.74 Å². The van der Waals surface area contributed by atoms with Crippen LogP contribution in [0.1, 0.15) is 39.5 Å². The lowest BCUT2D eigenvalue weighted by Gasteiger charge is -2.58. The van der Waals surface area contributed by atoms with E-state index in [0.717, 1.165) is 0 Å². The molecule has 0 amide bonds. The van der Waals surface area contributed by atoms with Gasteiger partial charge in [0, 0.05) is 33.5 Å². The molecule has 28 heavy (non-hydrogen) atoms. The molecular weight excluding hydrogens is 364 g/mol. The molecule has 0 spiro atoms. The number of aliphatic hydroxyl groups excluding tert-OH is 3. The number of fused-ring (bicyclic) bond motifs is 2. The van der Waals surface area contributed by atoms with Gasteiger partial charge in [0.15, 0.2) is 0 Å². The molecule has 3 N–H and O–H groups in total. The van der Waals surface area contributed by atoms with Gasteiger partial charge in [0.05, 0.1) is 12.7 Å². The van der Waals surface area contributed by atoms with Gasteiger partial charge in [-0.25, -0.2) is 0 Å². The summed E-state index contributed by atoms with van der Waals surface area (Å²) in [5.74, 6) is -2.64. The summed E-state index contributed by atoms with van der Waals surface area (Å²) in [7, 11) is 0. The predicted molar refractivity (Wildman–Crippen MR) is 99.1 cm³/mol. The highest BCUT2D eigenvalue weighted by Gasteiger charge is 2.62. The molecular formula is C21H26O7. The average molecular weight is 390 g/mol. The maximum Gasteiger partial charge on any atom is 0.293 e. The number of hydrogen-bond acceptors (Lipinski definition) is 7. The van der Waals surface area contributed by atoms with E-state index in [1.54, 1.807) is 6.92 Å². The first-order chi connectivity index (χ1) is 13.1. The predicted octanol–water partition coefficient (Wildman–Crippen LogP) is 1.54. The first-order valence-electron chi connectivity index (χ1n) is 9.42. The van der Waals surface area contributed by atoms with Crippen molar-refractivity contribution < 1.29 is 34.4 Å². The number of carbonyl (C=O) groups is 3. The SMILES string of the molecule is C=CCC1=C(O)C2=C(C(=O)C1=O)C1(C)CCCC(C)(COC=O)C1C(O)C2O. The molecule has 1 saturated carbocycles. The Morgan fingerprint density at radius 2 is 1.89 bits per heavy atom. The number of Topliss-reactive ketones (excluding diaryl/α,β-unsaturated/α-hetero) is 2. The van der Waals surface area contributed by atoms with Crippen LogP contribution in [-0.4, -0.2) is 52.2 Å². The average Bonchev–Trinajstić information content (AvgIpc) is 2.64. The fraction of sp³-hybridized carbons (Fsp3) is 0.571. The van der Waals surface area contributed by atoms with Crippen LogP contribution in [0.2, 0.25) is 0 Å². The second kappa shape index (κ2) is 6.97. The van der Waals surface area contributed by atoms with E-state index >= 15 is 0 Å². The van der Waals surface area contributed by atoms with E-state index in [1.165, 1.54) is 6.08 Å². The maximum atomic E-state index is 13.1. The standard InChI is InChI=1S/C21H26O7/c1-4-6-11-14(23)12-13(17(26)15(11)24)21(3)8-5-7-20(2,9-28-10-22)19(21)18(27)16(12)25/h4,10,16,18-19,23,25,27H,1,5-9H2,2-3H3. The molecule has 7 nitrogen and oxygen atoms in total. The number of aliphatic hydroxyl groups is 3. The van der Waals surface area contributed by atoms with Crippen LogP contribution in [-0.2, 0) is 19.1 Å². The monoisotopic (exact) mass is 390 g/mol. The van der Waals surface area contributed by atoms with Crippen molar-refractivity contribution in [2.24, 2.45) is 16.7 Å². The van der Waals surface area contributed by atoms with Crippen LogP contribution in [0.25, 0.3) is 0 Å². The first kappa shape index (κ1) is 20.5. The fourth-order valence-corrected chi connectivity index (χ4v) is 5.70. The minimum atomic E-state index is -1.53. The molecule has 0 heterocycles. The zero-order chi connectivity index (χ0) is 20.9. The molecule has 0 radical (unpaired) electrons. The van der Waals surface area contributed by atoms with Gasteiger partial charge in [0.2, 0.25) is 11.6 Å². The highest BCUT2D eigenvalue weighted by atomic mass is 16.5. The molecule has 0 aromatic heterocycles. The highest BCUT2D eigenvalue weighted by Crippen LogP contribution is 2.61. The number of ketones is 2. The van der Waals surface area contributed by atoms with Crippen molar-refractivity contribution in [3.63, 3.8) is 0 Å². The quantitative estimate of drug-likeness (QED) is 0.282. The van der Waals surface area contributed by atoms with Gasteiger partial charge in [-0.05, 0) is 19.3 Å². The summed E-state index contributed by atoms with van der Waals surface area (Å²) in [5, 5.41) is 32.6. The van der Waals surface area contributed by atoms with Gasteiger partial charge < -0.3 is 20.1 Å². The third kappa shape index (κ3) is 2.68. The van der Waals surface area contributed by atoms with Crippen molar-refractivity contribution in [1.29, 1.82) is 0 Å². The van der Waals surface area contributed by atoms with Crippen LogP contribution >= 0.6 is 0 Å². The molecule has 5 unspecified atom stereocenters. The summed E-state index contributed by atoms with van der Waals surface area (Å²) in [4.78, 5) is 36.5. The zero-order valence-corrected chi connectivity index (χ0v) is 16.1. The lowest BCUT2D eigenvalue weighted by molar-refractivity contribution is -0.157. The lowest BCUT2D eigenvalue weighted by atomic mass is 9.47. The number of allylic oxidation sites excluding steroid dienone is 3. The van der Waals surface area contributed by atoms with Crippen molar-refractivity contribution in [3.05, 3.63) is 35.1 Å². The normalized spacial score (nSPS) is 38.1. The summed E-state index contributed by atoms with van der Waals surface area (Å²) in [6, 6.07) is 0. The largest absolute Gasteiger partial charge is 0.507 e. The molecule has 0 aliphatic heterocycles. The second-order valence-electron chi connectivity index (χ2n) is 8.51. The van der Waals surface area contributed by atoms with E-state index in [2.05, 4.69) is 6.58 Å². The molecule has 3 rings (SSSR count).